The number of piperidine rings is 1. The van der Waals surface area contributed by atoms with E-state index in [1.165, 1.54) is 30.5 Å². The smallest absolute Gasteiger partial charge is 0.234 e. The summed E-state index contributed by atoms with van der Waals surface area (Å²) in [7, 11) is 3.82. The molecule has 1 aliphatic carbocycles. The van der Waals surface area contributed by atoms with Crippen LogP contribution in [0.3, 0.4) is 0 Å². The van der Waals surface area contributed by atoms with Crippen LogP contribution >= 0.6 is 0 Å². The summed E-state index contributed by atoms with van der Waals surface area (Å²) in [6, 6.07) is 6.28. The largest absolute Gasteiger partial charge is 0.508 e. The van der Waals surface area contributed by atoms with E-state index < -0.39 is 0 Å². The number of rotatable bonds is 8. The molecule has 1 heterocycles. The quantitative estimate of drug-likeness (QED) is 0.720. The lowest BCUT2D eigenvalue weighted by Crippen LogP contribution is -2.50. The fourth-order valence-corrected chi connectivity index (χ4v) is 4.85. The van der Waals surface area contributed by atoms with Crippen LogP contribution in [0.25, 0.3) is 0 Å². The molecule has 0 aromatic heterocycles. The first-order chi connectivity index (χ1) is 13.3. The molecule has 2 atom stereocenters. The highest BCUT2D eigenvalue weighted by atomic mass is 16.3. The maximum atomic E-state index is 12.1. The summed E-state index contributed by atoms with van der Waals surface area (Å²) in [6.07, 6.45) is 5.85. The van der Waals surface area contributed by atoms with Crippen LogP contribution in [0, 0.1) is 12.8 Å². The Balaban J connectivity index is 1.74. The normalized spacial score (nSPS) is 25.8. The Kier molecular flexibility index (Phi) is 6.66. The van der Waals surface area contributed by atoms with Crippen LogP contribution in [0.2, 0.25) is 0 Å². The lowest BCUT2D eigenvalue weighted by Gasteiger charge is -2.47. The monoisotopic (exact) mass is 387 g/mol. The Hall–Kier alpha value is -1.59. The predicted molar refractivity (Wildman–Crippen MR) is 114 cm³/mol. The maximum Gasteiger partial charge on any atom is 0.234 e. The summed E-state index contributed by atoms with van der Waals surface area (Å²) in [4.78, 5) is 16.6. The van der Waals surface area contributed by atoms with Gasteiger partial charge in [0.1, 0.15) is 5.75 Å². The molecule has 2 aliphatic rings. The first kappa shape index (κ1) is 21.1. The third kappa shape index (κ3) is 5.26. The SMILES string of the molecule is Cc1ccc(O)cc1C1(CCNC(=O)CN(C)C)CCN(CC2CC2)[C@H](C)C1. The summed E-state index contributed by atoms with van der Waals surface area (Å²) in [6.45, 7) is 7.91. The second-order valence-corrected chi connectivity index (χ2v) is 9.36. The molecule has 0 radical (unpaired) electrons. The summed E-state index contributed by atoms with van der Waals surface area (Å²) in [5, 5.41) is 13.3. The molecule has 3 rings (SSSR count). The van der Waals surface area contributed by atoms with Gasteiger partial charge in [-0.3, -0.25) is 4.79 Å². The summed E-state index contributed by atoms with van der Waals surface area (Å²) in [5.74, 6) is 1.32. The van der Waals surface area contributed by atoms with Crippen molar-refractivity contribution in [3.63, 3.8) is 0 Å². The van der Waals surface area contributed by atoms with Gasteiger partial charge in [0, 0.05) is 24.5 Å². The number of hydrogen-bond acceptors (Lipinski definition) is 4. The van der Waals surface area contributed by atoms with Gasteiger partial charge in [-0.1, -0.05) is 6.07 Å². The fourth-order valence-electron chi connectivity index (χ4n) is 4.85. The summed E-state index contributed by atoms with van der Waals surface area (Å²) >= 11 is 0. The van der Waals surface area contributed by atoms with Crippen LogP contribution in [0.15, 0.2) is 18.2 Å². The molecular formula is C23H37N3O2. The minimum atomic E-state index is 0.00763. The van der Waals surface area contributed by atoms with Crippen LogP contribution in [-0.2, 0) is 10.2 Å². The van der Waals surface area contributed by atoms with Gasteiger partial charge in [0.25, 0.3) is 0 Å². The highest BCUT2D eigenvalue weighted by Gasteiger charge is 2.41. The number of nitrogens with one attached hydrogen (secondary N) is 1. The zero-order chi connectivity index (χ0) is 20.3. The number of aromatic hydroxyl groups is 1. The highest BCUT2D eigenvalue weighted by molar-refractivity contribution is 5.77. The number of likely N-dealkylation sites (N-methyl/N-ethyl adjacent to an activating group) is 1. The van der Waals surface area contributed by atoms with Crippen LogP contribution in [0.1, 0.15) is 50.2 Å². The Morgan fingerprint density at radius 3 is 2.75 bits per heavy atom. The number of aryl methyl sites for hydroxylation is 1. The molecular weight excluding hydrogens is 350 g/mol. The first-order valence-electron chi connectivity index (χ1n) is 10.7. The lowest BCUT2D eigenvalue weighted by atomic mass is 9.67. The maximum absolute atomic E-state index is 12.1. The molecule has 2 fully saturated rings. The summed E-state index contributed by atoms with van der Waals surface area (Å²) < 4.78 is 0. The number of likely N-dealkylation sites (tertiary alicyclic amines) is 1. The van der Waals surface area contributed by atoms with Crippen molar-refractivity contribution in [1.29, 1.82) is 0 Å². The molecule has 156 valence electrons. The van der Waals surface area contributed by atoms with Gasteiger partial charge in [-0.15, -0.1) is 0 Å². The minimum absolute atomic E-state index is 0.00763. The molecule has 0 bridgehead atoms. The number of carbonyl (C=O) groups excluding carboxylic acids is 1. The Morgan fingerprint density at radius 1 is 1.36 bits per heavy atom. The molecule has 0 spiro atoms. The van der Waals surface area contributed by atoms with Gasteiger partial charge in [0.05, 0.1) is 6.54 Å². The van der Waals surface area contributed by atoms with Crippen molar-refractivity contribution in [3.8, 4) is 5.75 Å². The average molecular weight is 388 g/mol. The van der Waals surface area contributed by atoms with Crippen molar-refractivity contribution >= 4 is 5.91 Å². The van der Waals surface area contributed by atoms with E-state index in [1.54, 1.807) is 6.07 Å². The molecule has 1 saturated heterocycles. The molecule has 28 heavy (non-hydrogen) atoms. The van der Waals surface area contributed by atoms with Gasteiger partial charge in [-0.2, -0.15) is 0 Å². The zero-order valence-corrected chi connectivity index (χ0v) is 18.0. The standard InChI is InChI=1S/C23H37N3O2/c1-17-5-8-20(27)13-21(17)23(9-11-24-22(28)16-25(3)4)10-12-26(18(2)14-23)15-19-6-7-19/h5,8,13,18-19,27H,6-7,9-12,14-16H2,1-4H3,(H,24,28)/t18-,23?/m1/s1. The molecule has 5 nitrogen and oxygen atoms in total. The zero-order valence-electron chi connectivity index (χ0n) is 18.0. The predicted octanol–water partition coefficient (Wildman–Crippen LogP) is 2.90. The van der Waals surface area contributed by atoms with E-state index >= 15 is 0 Å². The van der Waals surface area contributed by atoms with Gasteiger partial charge >= 0.3 is 0 Å². The second kappa shape index (κ2) is 8.83. The number of phenolic OH excluding ortho intramolecular Hbond substituents is 1. The fraction of sp³-hybridized carbons (Fsp3) is 0.696. The van der Waals surface area contributed by atoms with E-state index in [0.717, 1.165) is 31.7 Å². The topological polar surface area (TPSA) is 55.8 Å². The molecule has 1 amide bonds. The van der Waals surface area contributed by atoms with E-state index in [0.29, 0.717) is 24.9 Å². The highest BCUT2D eigenvalue weighted by Crippen LogP contribution is 2.44. The minimum Gasteiger partial charge on any atom is -0.508 e. The Labute approximate surface area is 170 Å². The van der Waals surface area contributed by atoms with E-state index in [-0.39, 0.29) is 11.3 Å². The van der Waals surface area contributed by atoms with Crippen molar-refractivity contribution in [2.75, 3.05) is 40.3 Å². The van der Waals surface area contributed by atoms with E-state index in [9.17, 15) is 9.90 Å². The van der Waals surface area contributed by atoms with Gasteiger partial charge in [0.15, 0.2) is 0 Å². The van der Waals surface area contributed by atoms with Gasteiger partial charge in [-0.05, 0) is 95.8 Å². The Morgan fingerprint density at radius 2 is 2.11 bits per heavy atom. The molecule has 1 aliphatic heterocycles. The molecule has 2 N–H and O–H groups in total. The number of carbonyl (C=O) groups is 1. The van der Waals surface area contributed by atoms with Crippen LogP contribution < -0.4 is 5.32 Å². The van der Waals surface area contributed by atoms with Gasteiger partial charge in [0.2, 0.25) is 5.91 Å². The third-order valence-corrected chi connectivity index (χ3v) is 6.55. The number of nitrogens with zero attached hydrogens (tertiary/aromatic N) is 2. The van der Waals surface area contributed by atoms with Crippen molar-refractivity contribution < 1.29 is 9.90 Å². The van der Waals surface area contributed by atoms with Crippen molar-refractivity contribution in [1.82, 2.24) is 15.1 Å². The Bertz CT molecular complexity index is 686. The second-order valence-electron chi connectivity index (χ2n) is 9.36. The van der Waals surface area contributed by atoms with Crippen LogP contribution in [0.5, 0.6) is 5.75 Å². The van der Waals surface area contributed by atoms with Crippen molar-refractivity contribution in [2.24, 2.45) is 5.92 Å². The van der Waals surface area contributed by atoms with Crippen LogP contribution in [0.4, 0.5) is 0 Å². The molecule has 1 aromatic rings. The average Bonchev–Trinajstić information content (AvgIpc) is 3.43. The van der Waals surface area contributed by atoms with Crippen molar-refractivity contribution in [3.05, 3.63) is 29.3 Å². The first-order valence-corrected chi connectivity index (χ1v) is 10.7. The third-order valence-electron chi connectivity index (χ3n) is 6.55. The number of amides is 1. The lowest BCUT2D eigenvalue weighted by molar-refractivity contribution is -0.121. The van der Waals surface area contributed by atoms with E-state index in [4.69, 9.17) is 0 Å². The van der Waals surface area contributed by atoms with E-state index in [1.807, 2.05) is 31.1 Å². The van der Waals surface area contributed by atoms with Gasteiger partial charge in [-0.25, -0.2) is 0 Å². The molecule has 1 saturated carbocycles. The van der Waals surface area contributed by atoms with Crippen LogP contribution in [-0.4, -0.2) is 67.1 Å². The number of hydrogen-bond donors (Lipinski definition) is 2. The van der Waals surface area contributed by atoms with Crippen molar-refractivity contribution in [2.45, 2.75) is 57.4 Å². The molecule has 1 unspecified atom stereocenters. The van der Waals surface area contributed by atoms with E-state index in [2.05, 4.69) is 24.1 Å². The molecule has 1 aromatic carbocycles. The molecule has 5 heteroatoms. The number of phenols is 1. The van der Waals surface area contributed by atoms with Gasteiger partial charge < -0.3 is 20.2 Å². The summed E-state index contributed by atoms with van der Waals surface area (Å²) in [5.41, 5.74) is 2.50. The number of benzene rings is 1.